The number of benzene rings is 1. The van der Waals surface area contributed by atoms with E-state index in [1.807, 2.05) is 4.90 Å². The largest absolute Gasteiger partial charge is 0.508 e. The lowest BCUT2D eigenvalue weighted by Gasteiger charge is -2.21. The van der Waals surface area contributed by atoms with Crippen LogP contribution in [0.25, 0.3) is 0 Å². The second-order valence-corrected chi connectivity index (χ2v) is 4.44. The van der Waals surface area contributed by atoms with Crippen molar-refractivity contribution in [3.63, 3.8) is 0 Å². The SMILES string of the molecule is CCCN(CCC)C(=O)Cc1cc(O)ccc1N. The van der Waals surface area contributed by atoms with Crippen molar-refractivity contribution >= 4 is 11.6 Å². The Kier molecular flexibility index (Phi) is 5.49. The molecule has 3 N–H and O–H groups in total. The lowest BCUT2D eigenvalue weighted by atomic mass is 10.1. The first-order valence-corrected chi connectivity index (χ1v) is 6.43. The fourth-order valence-corrected chi connectivity index (χ4v) is 1.92. The van der Waals surface area contributed by atoms with Gasteiger partial charge in [0.05, 0.1) is 6.42 Å². The zero-order valence-corrected chi connectivity index (χ0v) is 11.1. The van der Waals surface area contributed by atoms with E-state index in [1.54, 1.807) is 12.1 Å². The summed E-state index contributed by atoms with van der Waals surface area (Å²) in [4.78, 5) is 14.0. The molecule has 0 fully saturated rings. The predicted molar refractivity (Wildman–Crippen MR) is 73.4 cm³/mol. The average Bonchev–Trinajstić information content (AvgIpc) is 2.33. The van der Waals surface area contributed by atoms with Gasteiger partial charge in [-0.15, -0.1) is 0 Å². The van der Waals surface area contributed by atoms with Crippen LogP contribution in [0.5, 0.6) is 5.75 Å². The van der Waals surface area contributed by atoms with Gasteiger partial charge in [-0.2, -0.15) is 0 Å². The molecule has 0 spiro atoms. The van der Waals surface area contributed by atoms with E-state index in [9.17, 15) is 9.90 Å². The summed E-state index contributed by atoms with van der Waals surface area (Å²) in [5.74, 6) is 0.209. The van der Waals surface area contributed by atoms with Gasteiger partial charge in [-0.25, -0.2) is 0 Å². The number of nitrogens with two attached hydrogens (primary N) is 1. The Morgan fingerprint density at radius 3 is 2.44 bits per heavy atom. The predicted octanol–water partition coefficient (Wildman–Crippen LogP) is 2.17. The molecule has 1 rings (SSSR count). The summed E-state index contributed by atoms with van der Waals surface area (Å²) < 4.78 is 0. The Morgan fingerprint density at radius 1 is 1.28 bits per heavy atom. The second kappa shape index (κ2) is 6.89. The molecule has 0 unspecified atom stereocenters. The highest BCUT2D eigenvalue weighted by Crippen LogP contribution is 2.19. The molecule has 0 aromatic heterocycles. The van der Waals surface area contributed by atoms with Crippen LogP contribution in [0.1, 0.15) is 32.3 Å². The minimum absolute atomic E-state index is 0.0657. The zero-order valence-electron chi connectivity index (χ0n) is 11.1. The fraction of sp³-hybridized carbons (Fsp3) is 0.500. The molecule has 1 aromatic carbocycles. The molecule has 4 nitrogen and oxygen atoms in total. The first kappa shape index (κ1) is 14.4. The van der Waals surface area contributed by atoms with Crippen molar-refractivity contribution in [1.29, 1.82) is 0 Å². The molecule has 0 saturated heterocycles. The first-order chi connectivity index (χ1) is 8.58. The topological polar surface area (TPSA) is 66.6 Å². The number of nitrogens with zero attached hydrogens (tertiary/aromatic N) is 1. The van der Waals surface area contributed by atoms with Gasteiger partial charge < -0.3 is 15.7 Å². The summed E-state index contributed by atoms with van der Waals surface area (Å²) in [6.45, 7) is 5.65. The van der Waals surface area contributed by atoms with E-state index >= 15 is 0 Å². The van der Waals surface area contributed by atoms with Gasteiger partial charge in [0.2, 0.25) is 5.91 Å². The summed E-state index contributed by atoms with van der Waals surface area (Å²) in [5, 5.41) is 9.42. The number of amides is 1. The molecule has 0 radical (unpaired) electrons. The number of aromatic hydroxyl groups is 1. The third kappa shape index (κ3) is 3.95. The monoisotopic (exact) mass is 250 g/mol. The normalized spacial score (nSPS) is 10.3. The highest BCUT2D eigenvalue weighted by molar-refractivity contribution is 5.80. The van der Waals surface area contributed by atoms with Crippen LogP contribution in [0.15, 0.2) is 18.2 Å². The molecule has 0 atom stereocenters. The lowest BCUT2D eigenvalue weighted by Crippen LogP contribution is -2.33. The number of nitrogen functional groups attached to an aromatic ring is 1. The van der Waals surface area contributed by atoms with Gasteiger partial charge in [-0.1, -0.05) is 13.8 Å². The molecular weight excluding hydrogens is 228 g/mol. The number of anilines is 1. The Bertz CT molecular complexity index is 399. The third-order valence-corrected chi connectivity index (χ3v) is 2.81. The van der Waals surface area contributed by atoms with E-state index in [2.05, 4.69) is 13.8 Å². The molecule has 0 aliphatic heterocycles. The van der Waals surface area contributed by atoms with Crippen LogP contribution >= 0.6 is 0 Å². The van der Waals surface area contributed by atoms with Gasteiger partial charge in [0.25, 0.3) is 0 Å². The number of hydrogen-bond acceptors (Lipinski definition) is 3. The molecule has 0 saturated carbocycles. The highest BCUT2D eigenvalue weighted by atomic mass is 16.3. The van der Waals surface area contributed by atoms with E-state index in [4.69, 9.17) is 5.73 Å². The van der Waals surface area contributed by atoms with Gasteiger partial charge >= 0.3 is 0 Å². The van der Waals surface area contributed by atoms with E-state index in [1.165, 1.54) is 6.07 Å². The Morgan fingerprint density at radius 2 is 1.89 bits per heavy atom. The quantitative estimate of drug-likeness (QED) is 0.600. The van der Waals surface area contributed by atoms with Crippen LogP contribution in [0.4, 0.5) is 5.69 Å². The Labute approximate surface area is 108 Å². The second-order valence-electron chi connectivity index (χ2n) is 4.44. The molecule has 1 amide bonds. The summed E-state index contributed by atoms with van der Waals surface area (Å²) >= 11 is 0. The minimum atomic E-state index is 0.0657. The summed E-state index contributed by atoms with van der Waals surface area (Å²) in [6.07, 6.45) is 2.14. The summed E-state index contributed by atoms with van der Waals surface area (Å²) in [5.41, 5.74) is 7.05. The third-order valence-electron chi connectivity index (χ3n) is 2.81. The van der Waals surface area contributed by atoms with E-state index < -0.39 is 0 Å². The summed E-state index contributed by atoms with van der Waals surface area (Å²) in [7, 11) is 0. The fourth-order valence-electron chi connectivity index (χ4n) is 1.92. The van der Waals surface area contributed by atoms with Gasteiger partial charge in [0.1, 0.15) is 5.75 Å². The molecule has 0 aliphatic rings. The van der Waals surface area contributed by atoms with Crippen LogP contribution in [-0.2, 0) is 11.2 Å². The molecule has 1 aromatic rings. The van der Waals surface area contributed by atoms with Crippen LogP contribution in [-0.4, -0.2) is 29.0 Å². The standard InChI is InChI=1S/C14H22N2O2/c1-3-7-16(8-4-2)14(18)10-11-9-12(17)5-6-13(11)15/h5-6,9,17H,3-4,7-8,10,15H2,1-2H3. The number of carbonyl (C=O) groups excluding carboxylic acids is 1. The molecule has 0 heterocycles. The maximum atomic E-state index is 12.1. The average molecular weight is 250 g/mol. The molecule has 18 heavy (non-hydrogen) atoms. The van der Waals surface area contributed by atoms with Gasteiger partial charge in [-0.3, -0.25) is 4.79 Å². The zero-order chi connectivity index (χ0) is 13.5. The maximum absolute atomic E-state index is 12.1. The van der Waals surface area contributed by atoms with Crippen molar-refractivity contribution in [1.82, 2.24) is 4.90 Å². The molecule has 100 valence electrons. The lowest BCUT2D eigenvalue weighted by molar-refractivity contribution is -0.130. The van der Waals surface area contributed by atoms with Crippen molar-refractivity contribution in [2.45, 2.75) is 33.1 Å². The van der Waals surface area contributed by atoms with Crippen LogP contribution < -0.4 is 5.73 Å². The molecule has 0 aliphatic carbocycles. The van der Waals surface area contributed by atoms with E-state index in [0.717, 1.165) is 25.9 Å². The highest BCUT2D eigenvalue weighted by Gasteiger charge is 2.14. The summed E-state index contributed by atoms with van der Waals surface area (Å²) in [6, 6.07) is 4.71. The van der Waals surface area contributed by atoms with E-state index in [-0.39, 0.29) is 18.1 Å². The van der Waals surface area contributed by atoms with Crippen molar-refractivity contribution in [3.8, 4) is 5.75 Å². The van der Waals surface area contributed by atoms with Crippen molar-refractivity contribution in [3.05, 3.63) is 23.8 Å². The number of rotatable bonds is 6. The number of hydrogen-bond donors (Lipinski definition) is 2. The minimum Gasteiger partial charge on any atom is -0.508 e. The first-order valence-electron chi connectivity index (χ1n) is 6.43. The number of phenolic OH excluding ortho intramolecular Hbond substituents is 1. The number of carbonyl (C=O) groups is 1. The number of phenols is 1. The molecule has 0 bridgehead atoms. The van der Waals surface area contributed by atoms with Crippen molar-refractivity contribution in [2.75, 3.05) is 18.8 Å². The van der Waals surface area contributed by atoms with Crippen LogP contribution in [0.3, 0.4) is 0 Å². The molecule has 4 heteroatoms. The van der Waals surface area contributed by atoms with Crippen LogP contribution in [0.2, 0.25) is 0 Å². The van der Waals surface area contributed by atoms with Crippen molar-refractivity contribution in [2.24, 2.45) is 0 Å². The molecular formula is C14H22N2O2. The Hall–Kier alpha value is -1.71. The van der Waals surface area contributed by atoms with Gasteiger partial charge in [0.15, 0.2) is 0 Å². The van der Waals surface area contributed by atoms with Gasteiger partial charge in [-0.05, 0) is 36.6 Å². The van der Waals surface area contributed by atoms with Crippen molar-refractivity contribution < 1.29 is 9.90 Å². The Balaban J connectivity index is 2.75. The van der Waals surface area contributed by atoms with Crippen LogP contribution in [0, 0.1) is 0 Å². The maximum Gasteiger partial charge on any atom is 0.227 e. The van der Waals surface area contributed by atoms with E-state index in [0.29, 0.717) is 11.3 Å². The van der Waals surface area contributed by atoms with Gasteiger partial charge in [0, 0.05) is 18.8 Å². The smallest absolute Gasteiger partial charge is 0.227 e.